The second-order valence-electron chi connectivity index (χ2n) is 4.93. The molecule has 0 bridgehead atoms. The number of alkyl halides is 3. The van der Waals surface area contributed by atoms with Crippen LogP contribution in [0.1, 0.15) is 56.6 Å². The quantitative estimate of drug-likeness (QED) is 0.609. The van der Waals surface area contributed by atoms with Crippen molar-refractivity contribution in [2.45, 2.75) is 51.6 Å². The van der Waals surface area contributed by atoms with Gasteiger partial charge in [0.2, 0.25) is 0 Å². The Morgan fingerprint density at radius 2 is 1.76 bits per heavy atom. The van der Waals surface area contributed by atoms with E-state index in [-0.39, 0.29) is 0 Å². The molecule has 5 heteroatoms. The highest BCUT2D eigenvalue weighted by Crippen LogP contribution is 2.33. The van der Waals surface area contributed by atoms with Gasteiger partial charge in [0.1, 0.15) is 5.75 Å². The number of halogens is 3. The van der Waals surface area contributed by atoms with Crippen LogP contribution >= 0.6 is 0 Å². The van der Waals surface area contributed by atoms with Gasteiger partial charge < -0.3 is 4.74 Å². The summed E-state index contributed by atoms with van der Waals surface area (Å²) < 4.78 is 43.3. The lowest BCUT2D eigenvalue weighted by Gasteiger charge is -2.11. The first-order valence-corrected chi connectivity index (χ1v) is 7.23. The van der Waals surface area contributed by atoms with Gasteiger partial charge >= 0.3 is 6.18 Å². The molecule has 0 radical (unpaired) electrons. The van der Waals surface area contributed by atoms with Crippen LogP contribution < -0.4 is 4.74 Å². The van der Waals surface area contributed by atoms with Gasteiger partial charge in [0.05, 0.1) is 23.8 Å². The average molecular weight is 299 g/mol. The van der Waals surface area contributed by atoms with Crippen LogP contribution in [-0.4, -0.2) is 6.61 Å². The molecule has 0 atom stereocenters. The third-order valence-corrected chi connectivity index (χ3v) is 3.18. The third-order valence-electron chi connectivity index (χ3n) is 3.18. The maximum atomic E-state index is 12.6. The first-order chi connectivity index (χ1) is 9.99. The smallest absolute Gasteiger partial charge is 0.417 e. The predicted molar refractivity (Wildman–Crippen MR) is 75.0 cm³/mol. The van der Waals surface area contributed by atoms with Gasteiger partial charge in [0.25, 0.3) is 0 Å². The van der Waals surface area contributed by atoms with Crippen LogP contribution in [0.5, 0.6) is 5.75 Å². The monoisotopic (exact) mass is 299 g/mol. The third kappa shape index (κ3) is 6.07. The highest BCUT2D eigenvalue weighted by atomic mass is 19.4. The Labute approximate surface area is 123 Å². The summed E-state index contributed by atoms with van der Waals surface area (Å²) in [7, 11) is 0. The molecule has 0 amide bonds. The number of nitrogens with zero attached hydrogens (tertiary/aromatic N) is 1. The van der Waals surface area contributed by atoms with E-state index < -0.39 is 17.3 Å². The molecule has 21 heavy (non-hydrogen) atoms. The lowest BCUT2D eigenvalue weighted by molar-refractivity contribution is -0.137. The summed E-state index contributed by atoms with van der Waals surface area (Å²) in [6.07, 6.45) is 2.18. The van der Waals surface area contributed by atoms with Crippen molar-refractivity contribution in [1.29, 1.82) is 5.26 Å². The Kier molecular flexibility index (Phi) is 7.07. The molecule has 1 aromatic carbocycles. The Morgan fingerprint density at radius 3 is 2.38 bits per heavy atom. The summed E-state index contributed by atoms with van der Waals surface area (Å²) in [5, 5.41) is 8.79. The van der Waals surface area contributed by atoms with Crippen molar-refractivity contribution in [3.05, 3.63) is 29.3 Å². The maximum Gasteiger partial charge on any atom is 0.417 e. The van der Waals surface area contributed by atoms with Crippen LogP contribution in [0.2, 0.25) is 0 Å². The number of ether oxygens (including phenoxy) is 1. The molecular formula is C16H20F3NO. The Bertz CT molecular complexity index is 477. The minimum Gasteiger partial charge on any atom is -0.494 e. The van der Waals surface area contributed by atoms with E-state index in [0.717, 1.165) is 31.4 Å². The molecule has 1 aromatic rings. The van der Waals surface area contributed by atoms with Crippen LogP contribution in [-0.2, 0) is 6.18 Å². The zero-order chi connectivity index (χ0) is 15.7. The van der Waals surface area contributed by atoms with Crippen molar-refractivity contribution in [3.63, 3.8) is 0 Å². The largest absolute Gasteiger partial charge is 0.494 e. The molecule has 0 N–H and O–H groups in total. The molecule has 2 nitrogen and oxygen atoms in total. The van der Waals surface area contributed by atoms with Crippen molar-refractivity contribution in [2.24, 2.45) is 0 Å². The van der Waals surface area contributed by atoms with Crippen LogP contribution in [0.15, 0.2) is 18.2 Å². The predicted octanol–water partition coefficient (Wildman–Crippen LogP) is 5.32. The summed E-state index contributed by atoms with van der Waals surface area (Å²) >= 11 is 0. The minimum atomic E-state index is -4.51. The van der Waals surface area contributed by atoms with Gasteiger partial charge in [-0.25, -0.2) is 0 Å². The summed E-state index contributed by atoms with van der Waals surface area (Å²) in [6.45, 7) is 2.61. The topological polar surface area (TPSA) is 33.0 Å². The van der Waals surface area contributed by atoms with Crippen LogP contribution in [0, 0.1) is 11.3 Å². The number of hydrogen-bond acceptors (Lipinski definition) is 2. The Morgan fingerprint density at radius 1 is 1.10 bits per heavy atom. The lowest BCUT2D eigenvalue weighted by Crippen LogP contribution is -2.08. The average Bonchev–Trinajstić information content (AvgIpc) is 2.45. The number of nitriles is 1. The SMILES string of the molecule is CCCCCCCCOc1ccc(C(F)(F)F)c(C#N)c1. The molecule has 0 aliphatic carbocycles. The molecule has 0 aliphatic heterocycles. The van der Waals surface area contributed by atoms with E-state index in [0.29, 0.717) is 12.4 Å². The van der Waals surface area contributed by atoms with Gasteiger partial charge in [-0.05, 0) is 24.6 Å². The van der Waals surface area contributed by atoms with Crippen molar-refractivity contribution in [3.8, 4) is 11.8 Å². The molecule has 0 aliphatic rings. The highest BCUT2D eigenvalue weighted by molar-refractivity contribution is 5.44. The van der Waals surface area contributed by atoms with E-state index in [1.165, 1.54) is 25.3 Å². The fourth-order valence-electron chi connectivity index (χ4n) is 2.03. The number of benzene rings is 1. The fraction of sp³-hybridized carbons (Fsp3) is 0.562. The maximum absolute atomic E-state index is 12.6. The molecular weight excluding hydrogens is 279 g/mol. The normalized spacial score (nSPS) is 11.2. The molecule has 0 fully saturated rings. The van der Waals surface area contributed by atoms with Gasteiger partial charge in [-0.15, -0.1) is 0 Å². The minimum absolute atomic E-state index is 0.313. The molecule has 0 saturated carbocycles. The standard InChI is InChI=1S/C16H20F3NO/c1-2-3-4-5-6-7-10-21-14-8-9-15(16(17,18)19)13(11-14)12-20/h8-9,11H,2-7,10H2,1H3. The van der Waals surface area contributed by atoms with Gasteiger partial charge in [0.15, 0.2) is 0 Å². The summed E-state index contributed by atoms with van der Waals surface area (Å²) in [5.41, 5.74) is -1.32. The molecule has 0 heterocycles. The zero-order valence-electron chi connectivity index (χ0n) is 12.2. The molecule has 0 saturated heterocycles. The molecule has 0 unspecified atom stereocenters. The van der Waals surface area contributed by atoms with Crippen molar-refractivity contribution in [1.82, 2.24) is 0 Å². The van der Waals surface area contributed by atoms with Crippen molar-refractivity contribution < 1.29 is 17.9 Å². The first kappa shape index (κ1) is 17.4. The van der Waals surface area contributed by atoms with Crippen molar-refractivity contribution in [2.75, 3.05) is 6.61 Å². The highest BCUT2D eigenvalue weighted by Gasteiger charge is 2.33. The van der Waals surface area contributed by atoms with Crippen molar-refractivity contribution >= 4 is 0 Å². The molecule has 0 aromatic heterocycles. The number of hydrogen-bond donors (Lipinski definition) is 0. The van der Waals surface area contributed by atoms with E-state index in [1.54, 1.807) is 6.07 Å². The zero-order valence-corrected chi connectivity index (χ0v) is 12.2. The molecule has 116 valence electrons. The second-order valence-corrected chi connectivity index (χ2v) is 4.93. The van der Waals surface area contributed by atoms with Crippen LogP contribution in [0.25, 0.3) is 0 Å². The lowest BCUT2D eigenvalue weighted by atomic mass is 10.1. The Balaban J connectivity index is 2.45. The van der Waals surface area contributed by atoms with Crippen LogP contribution in [0.4, 0.5) is 13.2 Å². The van der Waals surface area contributed by atoms with E-state index in [1.807, 2.05) is 0 Å². The summed E-state index contributed by atoms with van der Waals surface area (Å²) in [5.74, 6) is 0.313. The first-order valence-electron chi connectivity index (χ1n) is 7.23. The number of unbranched alkanes of at least 4 members (excludes halogenated alkanes) is 5. The number of rotatable bonds is 8. The van der Waals surface area contributed by atoms with E-state index >= 15 is 0 Å². The van der Waals surface area contributed by atoms with Crippen LogP contribution in [0.3, 0.4) is 0 Å². The van der Waals surface area contributed by atoms with Gasteiger partial charge in [-0.3, -0.25) is 0 Å². The van der Waals surface area contributed by atoms with Gasteiger partial charge in [0, 0.05) is 0 Å². The molecule has 1 rings (SSSR count). The fourth-order valence-corrected chi connectivity index (χ4v) is 2.03. The second kappa shape index (κ2) is 8.56. The van der Waals surface area contributed by atoms with E-state index in [4.69, 9.17) is 10.00 Å². The molecule has 0 spiro atoms. The van der Waals surface area contributed by atoms with Gasteiger partial charge in [-0.1, -0.05) is 39.0 Å². The van der Waals surface area contributed by atoms with E-state index in [2.05, 4.69) is 6.92 Å². The van der Waals surface area contributed by atoms with E-state index in [9.17, 15) is 13.2 Å². The summed E-state index contributed by atoms with van der Waals surface area (Å²) in [4.78, 5) is 0. The Hall–Kier alpha value is -1.70. The van der Waals surface area contributed by atoms with Gasteiger partial charge in [-0.2, -0.15) is 18.4 Å². The summed E-state index contributed by atoms with van der Waals surface area (Å²) in [6, 6.07) is 4.88.